The Bertz CT molecular complexity index is 647. The Morgan fingerprint density at radius 2 is 2.14 bits per heavy atom. The van der Waals surface area contributed by atoms with Gasteiger partial charge in [-0.05, 0) is 72.5 Å². The molecule has 4 rings (SSSR count). The minimum atomic E-state index is 0.207. The molecule has 0 aliphatic heterocycles. The van der Waals surface area contributed by atoms with Crippen LogP contribution in [0.15, 0.2) is 30.9 Å². The van der Waals surface area contributed by atoms with Gasteiger partial charge in [-0.1, -0.05) is 19.1 Å². The molecule has 0 spiro atoms. The average Bonchev–Trinajstić information content (AvgIpc) is 2.84. The summed E-state index contributed by atoms with van der Waals surface area (Å²) in [5, 5.41) is 9.70. The second-order valence-electron chi connectivity index (χ2n) is 7.74. The molecule has 0 saturated heterocycles. The van der Waals surface area contributed by atoms with Gasteiger partial charge >= 0.3 is 0 Å². The molecule has 22 heavy (non-hydrogen) atoms. The van der Waals surface area contributed by atoms with E-state index in [2.05, 4.69) is 19.6 Å². The van der Waals surface area contributed by atoms with E-state index in [1.165, 1.54) is 24.8 Å². The maximum Gasteiger partial charge on any atom is 0.163 e. The molecule has 1 N–H and O–H groups in total. The first kappa shape index (κ1) is 14.0. The molecule has 116 valence electrons. The fourth-order valence-electron chi connectivity index (χ4n) is 5.82. The zero-order valence-electron chi connectivity index (χ0n) is 13.2. The van der Waals surface area contributed by atoms with E-state index in [1.54, 1.807) is 12.1 Å². The molecule has 0 amide bonds. The van der Waals surface area contributed by atoms with Crippen LogP contribution < -0.4 is 0 Å². The Balaban J connectivity index is 1.75. The Morgan fingerprint density at radius 1 is 1.32 bits per heavy atom. The predicted octanol–water partition coefficient (Wildman–Crippen LogP) is 4.69. The lowest BCUT2D eigenvalue weighted by Gasteiger charge is -2.50. The molecule has 0 bridgehead atoms. The Kier molecular flexibility index (Phi) is 3.01. The molecular formula is C20H24O2. The monoisotopic (exact) mass is 296 g/mol. The molecule has 2 heteroatoms. The second kappa shape index (κ2) is 4.71. The van der Waals surface area contributed by atoms with Crippen molar-refractivity contribution in [1.29, 1.82) is 0 Å². The molecule has 0 heterocycles. The first-order valence-electron chi connectivity index (χ1n) is 8.53. The summed E-state index contributed by atoms with van der Waals surface area (Å²) in [4.78, 5) is 12.6. The SMILES string of the molecule is C=C[C@H]1CC[C@H]2[C@@H]3CC(=O)c4cc(O)ccc4[C@H]3CC[C@]12C. The first-order valence-corrected chi connectivity index (χ1v) is 8.53. The van der Waals surface area contributed by atoms with Crippen molar-refractivity contribution in [3.8, 4) is 5.75 Å². The lowest BCUT2D eigenvalue weighted by atomic mass is 9.54. The lowest BCUT2D eigenvalue weighted by Crippen LogP contribution is -2.43. The maximum atomic E-state index is 12.6. The van der Waals surface area contributed by atoms with Gasteiger partial charge in [0.2, 0.25) is 0 Å². The number of hydrogen-bond acceptors (Lipinski definition) is 2. The van der Waals surface area contributed by atoms with Crippen LogP contribution in [0.25, 0.3) is 0 Å². The standard InChI is InChI=1S/C20H24O2/c1-3-12-4-7-18-16-11-19(22)17-10-13(21)5-6-14(17)15(16)8-9-20(12,18)2/h3,5-6,10,12,15-16,18,21H,1,4,7-9,11H2,2H3/t12-,15+,16+,18-,20+/m0/s1. The Hall–Kier alpha value is -1.57. The summed E-state index contributed by atoms with van der Waals surface area (Å²) in [6.45, 7) is 6.47. The number of benzene rings is 1. The number of allylic oxidation sites excluding steroid dienone is 1. The molecule has 0 radical (unpaired) electrons. The molecule has 2 fully saturated rings. The van der Waals surface area contributed by atoms with Gasteiger partial charge in [0.25, 0.3) is 0 Å². The zero-order valence-corrected chi connectivity index (χ0v) is 13.2. The van der Waals surface area contributed by atoms with Crippen LogP contribution in [-0.4, -0.2) is 10.9 Å². The van der Waals surface area contributed by atoms with Gasteiger partial charge in [0.15, 0.2) is 5.78 Å². The van der Waals surface area contributed by atoms with Gasteiger partial charge in [0.1, 0.15) is 5.75 Å². The molecule has 3 aliphatic rings. The number of rotatable bonds is 1. The van der Waals surface area contributed by atoms with Gasteiger partial charge in [-0.25, -0.2) is 0 Å². The smallest absolute Gasteiger partial charge is 0.163 e. The number of ketones is 1. The van der Waals surface area contributed by atoms with Crippen LogP contribution in [0, 0.1) is 23.2 Å². The van der Waals surface area contributed by atoms with Crippen LogP contribution in [0.4, 0.5) is 0 Å². The maximum absolute atomic E-state index is 12.6. The van der Waals surface area contributed by atoms with Crippen molar-refractivity contribution in [3.63, 3.8) is 0 Å². The van der Waals surface area contributed by atoms with E-state index >= 15 is 0 Å². The topological polar surface area (TPSA) is 37.3 Å². The number of carbonyl (C=O) groups excluding carboxylic acids is 1. The third-order valence-electron chi connectivity index (χ3n) is 6.95. The Morgan fingerprint density at radius 3 is 2.91 bits per heavy atom. The molecule has 2 saturated carbocycles. The molecule has 2 nitrogen and oxygen atoms in total. The summed E-state index contributed by atoms with van der Waals surface area (Å²) in [6.07, 6.45) is 7.65. The van der Waals surface area contributed by atoms with Gasteiger partial charge in [-0.15, -0.1) is 6.58 Å². The van der Waals surface area contributed by atoms with Gasteiger partial charge < -0.3 is 5.11 Å². The largest absolute Gasteiger partial charge is 0.508 e. The van der Waals surface area contributed by atoms with Crippen molar-refractivity contribution in [3.05, 3.63) is 42.0 Å². The van der Waals surface area contributed by atoms with Crippen LogP contribution in [-0.2, 0) is 0 Å². The molecule has 3 aliphatic carbocycles. The fourth-order valence-corrected chi connectivity index (χ4v) is 5.82. The highest BCUT2D eigenvalue weighted by atomic mass is 16.3. The van der Waals surface area contributed by atoms with Crippen molar-refractivity contribution in [2.75, 3.05) is 0 Å². The van der Waals surface area contributed by atoms with E-state index in [0.717, 1.165) is 12.0 Å². The van der Waals surface area contributed by atoms with E-state index in [0.29, 0.717) is 35.5 Å². The second-order valence-corrected chi connectivity index (χ2v) is 7.74. The summed E-state index contributed by atoms with van der Waals surface area (Å²) in [6, 6.07) is 5.40. The fraction of sp³-hybridized carbons (Fsp3) is 0.550. The van der Waals surface area contributed by atoms with Gasteiger partial charge in [-0.3, -0.25) is 4.79 Å². The number of hydrogen-bond donors (Lipinski definition) is 1. The quantitative estimate of drug-likeness (QED) is 0.763. The first-order chi connectivity index (χ1) is 10.5. The van der Waals surface area contributed by atoms with Crippen molar-refractivity contribution in [2.45, 2.75) is 44.9 Å². The predicted molar refractivity (Wildman–Crippen MR) is 87.0 cm³/mol. The van der Waals surface area contributed by atoms with Gasteiger partial charge in [-0.2, -0.15) is 0 Å². The summed E-state index contributed by atoms with van der Waals surface area (Å²) in [7, 11) is 0. The number of aromatic hydroxyl groups is 1. The Labute approximate surface area is 132 Å². The zero-order chi connectivity index (χ0) is 15.5. The minimum absolute atomic E-state index is 0.207. The number of fused-ring (bicyclic) bond motifs is 5. The number of Topliss-reactive ketones (excluding diaryl/α,β-unsaturated/α-hetero) is 1. The summed E-state index contributed by atoms with van der Waals surface area (Å²) in [5.74, 6) is 2.65. The average molecular weight is 296 g/mol. The van der Waals surface area contributed by atoms with Crippen LogP contribution in [0.3, 0.4) is 0 Å². The summed E-state index contributed by atoms with van der Waals surface area (Å²) in [5.41, 5.74) is 2.28. The molecule has 0 aromatic heterocycles. The van der Waals surface area contributed by atoms with Crippen LogP contribution in [0.1, 0.15) is 60.9 Å². The van der Waals surface area contributed by atoms with Crippen LogP contribution in [0.5, 0.6) is 5.75 Å². The number of phenolic OH excluding ortho intramolecular Hbond substituents is 1. The highest BCUT2D eigenvalue weighted by Gasteiger charge is 2.54. The normalized spacial score (nSPS) is 39.8. The summed E-state index contributed by atoms with van der Waals surface area (Å²) >= 11 is 0. The van der Waals surface area contributed by atoms with Crippen molar-refractivity contribution in [2.24, 2.45) is 23.2 Å². The third kappa shape index (κ3) is 1.76. The minimum Gasteiger partial charge on any atom is -0.508 e. The third-order valence-corrected chi connectivity index (χ3v) is 6.95. The van der Waals surface area contributed by atoms with Gasteiger partial charge in [0.05, 0.1) is 0 Å². The number of phenols is 1. The molecule has 1 aromatic carbocycles. The molecule has 0 unspecified atom stereocenters. The van der Waals surface area contributed by atoms with E-state index < -0.39 is 0 Å². The molecular weight excluding hydrogens is 272 g/mol. The van der Waals surface area contributed by atoms with E-state index in [1.807, 2.05) is 6.07 Å². The molecule has 1 aromatic rings. The van der Waals surface area contributed by atoms with Crippen molar-refractivity contribution in [1.82, 2.24) is 0 Å². The lowest BCUT2D eigenvalue weighted by molar-refractivity contribution is 0.0386. The van der Waals surface area contributed by atoms with Crippen LogP contribution in [0.2, 0.25) is 0 Å². The highest BCUT2D eigenvalue weighted by molar-refractivity contribution is 5.99. The van der Waals surface area contributed by atoms with E-state index in [4.69, 9.17) is 0 Å². The van der Waals surface area contributed by atoms with Crippen molar-refractivity contribution < 1.29 is 9.90 Å². The summed E-state index contributed by atoms with van der Waals surface area (Å²) < 4.78 is 0. The van der Waals surface area contributed by atoms with Crippen molar-refractivity contribution >= 4 is 5.78 Å². The van der Waals surface area contributed by atoms with Gasteiger partial charge in [0, 0.05) is 12.0 Å². The number of carbonyl (C=O) groups is 1. The van der Waals surface area contributed by atoms with E-state index in [9.17, 15) is 9.90 Å². The highest BCUT2D eigenvalue weighted by Crippen LogP contribution is 2.63. The molecule has 5 atom stereocenters. The van der Waals surface area contributed by atoms with E-state index in [-0.39, 0.29) is 11.5 Å². The van der Waals surface area contributed by atoms with Crippen LogP contribution >= 0.6 is 0 Å².